The number of ether oxygens (including phenoxy) is 2. The Kier molecular flexibility index (Phi) is 7.48. The van der Waals surface area contributed by atoms with Crippen LogP contribution in [0.25, 0.3) is 0 Å². The fourth-order valence-corrected chi connectivity index (χ4v) is 4.60. The molecule has 1 saturated heterocycles. The highest BCUT2D eigenvalue weighted by molar-refractivity contribution is 6.06. The van der Waals surface area contributed by atoms with Crippen LogP contribution in [0.2, 0.25) is 0 Å². The Bertz CT molecular complexity index is 1130. The minimum atomic E-state index is -0.300. The molecule has 0 radical (unpaired) electrons. The van der Waals surface area contributed by atoms with Gasteiger partial charge in [-0.05, 0) is 55.7 Å². The second-order valence-corrected chi connectivity index (χ2v) is 8.63. The molecule has 5 nitrogen and oxygen atoms in total. The molecule has 0 aromatic heterocycles. The molecule has 0 bridgehead atoms. The number of carbonyl (C=O) groups is 1. The summed E-state index contributed by atoms with van der Waals surface area (Å²) in [6.07, 6.45) is 1.58. The van der Waals surface area contributed by atoms with Crippen LogP contribution in [0.1, 0.15) is 34.3 Å². The predicted molar refractivity (Wildman–Crippen MR) is 132 cm³/mol. The molecule has 1 amide bonds. The molecule has 0 aliphatic carbocycles. The van der Waals surface area contributed by atoms with E-state index < -0.39 is 0 Å². The minimum Gasteiger partial charge on any atom is -0.493 e. The molecular weight excluding hydrogens is 431 g/mol. The fraction of sp³-hybridized carbons (Fsp3) is 0.321. The summed E-state index contributed by atoms with van der Waals surface area (Å²) >= 11 is 0. The number of aryl methyl sites for hydroxylation is 1. The van der Waals surface area contributed by atoms with Crippen LogP contribution in [0, 0.1) is 12.7 Å². The van der Waals surface area contributed by atoms with Gasteiger partial charge in [0.25, 0.3) is 5.91 Å². The van der Waals surface area contributed by atoms with Gasteiger partial charge in [-0.25, -0.2) is 4.39 Å². The van der Waals surface area contributed by atoms with E-state index in [0.717, 1.165) is 49.5 Å². The summed E-state index contributed by atoms with van der Waals surface area (Å²) in [7, 11) is 3.29. The number of nitrogens with zero attached hydrogens (tertiary/aromatic N) is 2. The maximum absolute atomic E-state index is 14.4. The molecule has 0 N–H and O–H groups in total. The van der Waals surface area contributed by atoms with Crippen molar-refractivity contribution in [2.75, 3.05) is 32.2 Å². The second kappa shape index (κ2) is 10.7. The Morgan fingerprint density at radius 1 is 1.00 bits per heavy atom. The van der Waals surface area contributed by atoms with Gasteiger partial charge in [-0.2, -0.15) is 0 Å². The lowest BCUT2D eigenvalue weighted by Crippen LogP contribution is -2.47. The zero-order valence-corrected chi connectivity index (χ0v) is 20.0. The summed E-state index contributed by atoms with van der Waals surface area (Å²) in [5, 5.41) is 0. The molecule has 1 aliphatic heterocycles. The van der Waals surface area contributed by atoms with Crippen LogP contribution in [-0.4, -0.2) is 44.2 Å². The molecule has 0 spiro atoms. The summed E-state index contributed by atoms with van der Waals surface area (Å²) in [5.74, 6) is 1.07. The van der Waals surface area contributed by atoms with Crippen molar-refractivity contribution >= 4 is 11.6 Å². The van der Waals surface area contributed by atoms with Crippen molar-refractivity contribution in [3.63, 3.8) is 0 Å². The summed E-state index contributed by atoms with van der Waals surface area (Å²) in [5.41, 5.74) is 2.84. The normalized spacial score (nSPS) is 14.6. The lowest BCUT2D eigenvalue weighted by Gasteiger charge is -2.39. The van der Waals surface area contributed by atoms with Crippen LogP contribution in [-0.2, 0) is 6.54 Å². The third kappa shape index (κ3) is 5.07. The topological polar surface area (TPSA) is 42.0 Å². The van der Waals surface area contributed by atoms with Crippen LogP contribution in [0.15, 0.2) is 66.7 Å². The fourth-order valence-electron chi connectivity index (χ4n) is 4.60. The van der Waals surface area contributed by atoms with E-state index in [1.807, 2.05) is 54.6 Å². The van der Waals surface area contributed by atoms with E-state index in [1.54, 1.807) is 32.1 Å². The van der Waals surface area contributed by atoms with Crippen molar-refractivity contribution in [3.05, 3.63) is 89.2 Å². The van der Waals surface area contributed by atoms with Gasteiger partial charge in [0.2, 0.25) is 0 Å². The molecular formula is C28H31FN2O3. The third-order valence-electron chi connectivity index (χ3n) is 6.47. The van der Waals surface area contributed by atoms with Gasteiger partial charge >= 0.3 is 0 Å². The number of likely N-dealkylation sites (tertiary alicyclic amines) is 1. The highest BCUT2D eigenvalue weighted by Crippen LogP contribution is 2.33. The van der Waals surface area contributed by atoms with Gasteiger partial charge in [0.15, 0.2) is 11.5 Å². The monoisotopic (exact) mass is 462 g/mol. The Labute approximate surface area is 200 Å². The van der Waals surface area contributed by atoms with E-state index in [0.29, 0.717) is 16.8 Å². The zero-order chi connectivity index (χ0) is 24.1. The molecule has 1 aliphatic rings. The third-order valence-corrected chi connectivity index (χ3v) is 6.47. The standard InChI is InChI=1S/C28H31FN2O3/c1-20-12-13-24(18-25(20)29)31(28(32)21-8-5-4-6-9-21)23-14-16-30(17-15-23)19-22-10-7-11-26(33-2)27(22)34-3/h4-13,18,23H,14-17,19H2,1-3H3. The van der Waals surface area contributed by atoms with Crippen LogP contribution in [0.5, 0.6) is 11.5 Å². The first-order chi connectivity index (χ1) is 16.5. The second-order valence-electron chi connectivity index (χ2n) is 8.63. The van der Waals surface area contributed by atoms with E-state index in [1.165, 1.54) is 6.07 Å². The number of methoxy groups -OCH3 is 2. The van der Waals surface area contributed by atoms with Crippen molar-refractivity contribution < 1.29 is 18.7 Å². The average molecular weight is 463 g/mol. The van der Waals surface area contributed by atoms with Crippen LogP contribution in [0.3, 0.4) is 0 Å². The van der Waals surface area contributed by atoms with Gasteiger partial charge in [-0.3, -0.25) is 9.69 Å². The summed E-state index contributed by atoms with van der Waals surface area (Å²) in [6, 6.07) is 20.2. The van der Waals surface area contributed by atoms with Crippen LogP contribution >= 0.6 is 0 Å². The highest BCUT2D eigenvalue weighted by atomic mass is 19.1. The molecule has 3 aromatic carbocycles. The average Bonchev–Trinajstić information content (AvgIpc) is 2.87. The number of rotatable bonds is 7. The van der Waals surface area contributed by atoms with Gasteiger partial charge in [-0.1, -0.05) is 36.4 Å². The SMILES string of the molecule is COc1cccc(CN2CCC(N(C(=O)c3ccccc3)c3ccc(C)c(F)c3)CC2)c1OC. The molecule has 1 fully saturated rings. The Morgan fingerprint density at radius 3 is 2.38 bits per heavy atom. The molecule has 0 unspecified atom stereocenters. The molecule has 6 heteroatoms. The molecule has 3 aromatic rings. The van der Waals surface area contributed by atoms with Crippen molar-refractivity contribution in [1.29, 1.82) is 0 Å². The van der Waals surface area contributed by atoms with Crippen molar-refractivity contribution in [2.45, 2.75) is 32.4 Å². The number of benzene rings is 3. The largest absolute Gasteiger partial charge is 0.493 e. The van der Waals surface area contributed by atoms with Crippen molar-refractivity contribution in [1.82, 2.24) is 4.90 Å². The first-order valence-corrected chi connectivity index (χ1v) is 11.6. The van der Waals surface area contributed by atoms with E-state index in [4.69, 9.17) is 9.47 Å². The zero-order valence-electron chi connectivity index (χ0n) is 20.0. The Balaban J connectivity index is 1.53. The van der Waals surface area contributed by atoms with Gasteiger partial charge in [-0.15, -0.1) is 0 Å². The number of hydrogen-bond acceptors (Lipinski definition) is 4. The van der Waals surface area contributed by atoms with E-state index in [2.05, 4.69) is 4.90 Å². The molecule has 0 saturated carbocycles. The number of piperidine rings is 1. The molecule has 0 atom stereocenters. The van der Waals surface area contributed by atoms with Gasteiger partial charge in [0, 0.05) is 42.5 Å². The van der Waals surface area contributed by atoms with Gasteiger partial charge in [0.05, 0.1) is 14.2 Å². The lowest BCUT2D eigenvalue weighted by atomic mass is 9.99. The first kappa shape index (κ1) is 23.8. The van der Waals surface area contributed by atoms with E-state index in [-0.39, 0.29) is 17.8 Å². The number of halogens is 1. The smallest absolute Gasteiger partial charge is 0.258 e. The van der Waals surface area contributed by atoms with Crippen LogP contribution in [0.4, 0.5) is 10.1 Å². The van der Waals surface area contributed by atoms with E-state index in [9.17, 15) is 9.18 Å². The molecule has 1 heterocycles. The minimum absolute atomic E-state index is 0.0155. The Morgan fingerprint density at radius 2 is 1.74 bits per heavy atom. The number of para-hydroxylation sites is 1. The van der Waals surface area contributed by atoms with Crippen molar-refractivity contribution in [2.24, 2.45) is 0 Å². The predicted octanol–water partition coefficient (Wildman–Crippen LogP) is 5.46. The number of anilines is 1. The van der Waals surface area contributed by atoms with E-state index >= 15 is 0 Å². The van der Waals surface area contributed by atoms with Crippen molar-refractivity contribution in [3.8, 4) is 11.5 Å². The lowest BCUT2D eigenvalue weighted by molar-refractivity contribution is 0.0958. The summed E-state index contributed by atoms with van der Waals surface area (Å²) in [6.45, 7) is 4.10. The highest BCUT2D eigenvalue weighted by Gasteiger charge is 2.30. The molecule has 34 heavy (non-hydrogen) atoms. The number of amides is 1. The maximum Gasteiger partial charge on any atom is 0.258 e. The summed E-state index contributed by atoms with van der Waals surface area (Å²) < 4.78 is 25.5. The molecule has 4 rings (SSSR count). The maximum atomic E-state index is 14.4. The quantitative estimate of drug-likeness (QED) is 0.467. The van der Waals surface area contributed by atoms with Gasteiger partial charge < -0.3 is 14.4 Å². The number of carbonyl (C=O) groups excluding carboxylic acids is 1. The first-order valence-electron chi connectivity index (χ1n) is 11.6. The van der Waals surface area contributed by atoms with Gasteiger partial charge in [0.1, 0.15) is 5.82 Å². The number of hydrogen-bond donors (Lipinski definition) is 0. The summed E-state index contributed by atoms with van der Waals surface area (Å²) in [4.78, 5) is 17.7. The van der Waals surface area contributed by atoms with Crippen LogP contribution < -0.4 is 14.4 Å². The Hall–Kier alpha value is -3.38. The molecule has 178 valence electrons.